The summed E-state index contributed by atoms with van der Waals surface area (Å²) in [7, 11) is 0. The molecule has 4 N–H and O–H groups in total. The topological polar surface area (TPSA) is 82.4 Å². The van der Waals surface area contributed by atoms with Gasteiger partial charge in [-0.3, -0.25) is 4.79 Å². The number of fused-ring (bicyclic) bond motifs is 3. The highest BCUT2D eigenvalue weighted by molar-refractivity contribution is 6.18. The van der Waals surface area contributed by atoms with E-state index in [1.54, 1.807) is 0 Å². The van der Waals surface area contributed by atoms with Crippen LogP contribution in [-0.4, -0.2) is 28.8 Å². The van der Waals surface area contributed by atoms with Gasteiger partial charge in [0.2, 0.25) is 0 Å². The van der Waals surface area contributed by atoms with Gasteiger partial charge in [0, 0.05) is 22.8 Å². The van der Waals surface area contributed by atoms with Crippen LogP contribution in [0.2, 0.25) is 0 Å². The highest BCUT2D eigenvalue weighted by Crippen LogP contribution is 2.38. The number of aliphatic hydroxyl groups excluding tert-OH is 1. The number of nitrogens with one attached hydrogen (secondary N) is 1. The minimum Gasteiger partial charge on any atom is -0.374 e. The van der Waals surface area contributed by atoms with Crippen molar-refractivity contribution in [2.75, 3.05) is 11.4 Å². The maximum absolute atomic E-state index is 12.2. The van der Waals surface area contributed by atoms with Gasteiger partial charge in [-0.2, -0.15) is 0 Å². The van der Waals surface area contributed by atoms with Crippen LogP contribution in [0.15, 0.2) is 30.3 Å². The molecule has 2 aromatic carbocycles. The van der Waals surface area contributed by atoms with E-state index in [4.69, 9.17) is 5.73 Å². The van der Waals surface area contributed by atoms with Crippen molar-refractivity contribution in [3.05, 3.63) is 41.5 Å². The van der Waals surface area contributed by atoms with Crippen molar-refractivity contribution >= 4 is 33.4 Å². The third-order valence-corrected chi connectivity index (χ3v) is 4.72. The van der Waals surface area contributed by atoms with E-state index in [1.807, 2.05) is 36.1 Å². The molecule has 0 bridgehead atoms. The van der Waals surface area contributed by atoms with Gasteiger partial charge in [0.1, 0.15) is 6.23 Å². The summed E-state index contributed by atoms with van der Waals surface area (Å²) >= 11 is 0. The van der Waals surface area contributed by atoms with E-state index < -0.39 is 12.1 Å². The number of para-hydroxylation sites is 1. The molecule has 5 nitrogen and oxygen atoms in total. The van der Waals surface area contributed by atoms with Crippen LogP contribution in [0.5, 0.6) is 0 Å². The second kappa shape index (κ2) is 4.99. The summed E-state index contributed by atoms with van der Waals surface area (Å²) in [5.41, 5.74) is 9.62. The molecule has 0 saturated carbocycles. The van der Waals surface area contributed by atoms with Crippen molar-refractivity contribution in [3.63, 3.8) is 0 Å². The van der Waals surface area contributed by atoms with Crippen molar-refractivity contribution < 1.29 is 9.90 Å². The lowest BCUT2D eigenvalue weighted by molar-refractivity contribution is 0.100. The molecule has 1 saturated heterocycles. The number of benzene rings is 2. The smallest absolute Gasteiger partial charge is 0.252 e. The average Bonchev–Trinajstić information content (AvgIpc) is 3.09. The Morgan fingerprint density at radius 2 is 2.13 bits per heavy atom. The fourth-order valence-corrected chi connectivity index (χ4v) is 3.73. The number of anilines is 1. The first-order valence-corrected chi connectivity index (χ1v) is 7.86. The quantitative estimate of drug-likeness (QED) is 0.680. The van der Waals surface area contributed by atoms with E-state index in [0.29, 0.717) is 12.0 Å². The fraction of sp³-hybridized carbons (Fsp3) is 0.278. The Morgan fingerprint density at radius 1 is 1.35 bits per heavy atom. The summed E-state index contributed by atoms with van der Waals surface area (Å²) < 4.78 is 0. The third kappa shape index (κ3) is 2.00. The molecule has 0 aliphatic carbocycles. The molecule has 4 rings (SSSR count). The average molecular weight is 309 g/mol. The lowest BCUT2D eigenvalue weighted by Crippen LogP contribution is -2.32. The van der Waals surface area contributed by atoms with Crippen molar-refractivity contribution in [2.24, 2.45) is 5.73 Å². The second-order valence-corrected chi connectivity index (χ2v) is 6.19. The Labute approximate surface area is 133 Å². The summed E-state index contributed by atoms with van der Waals surface area (Å²) in [5.74, 6) is -0.473. The molecular formula is C18H19N3O2. The number of nitrogens with zero attached hydrogens (tertiary/aromatic N) is 1. The van der Waals surface area contributed by atoms with Gasteiger partial charge in [-0.15, -0.1) is 0 Å². The molecule has 1 fully saturated rings. The molecule has 1 aromatic heterocycles. The zero-order valence-corrected chi connectivity index (χ0v) is 13.0. The van der Waals surface area contributed by atoms with Crippen LogP contribution in [0, 0.1) is 6.92 Å². The van der Waals surface area contributed by atoms with Gasteiger partial charge in [-0.25, -0.2) is 0 Å². The summed E-state index contributed by atoms with van der Waals surface area (Å²) in [5, 5.41) is 12.3. The monoisotopic (exact) mass is 309 g/mol. The number of rotatable bonds is 2. The van der Waals surface area contributed by atoms with Crippen molar-refractivity contribution in [3.8, 4) is 0 Å². The van der Waals surface area contributed by atoms with Gasteiger partial charge in [-0.05, 0) is 37.5 Å². The normalized spacial score (nSPS) is 18.2. The van der Waals surface area contributed by atoms with Gasteiger partial charge in [0.15, 0.2) is 0 Å². The predicted molar refractivity (Wildman–Crippen MR) is 91.6 cm³/mol. The molecule has 1 aliphatic heterocycles. The SMILES string of the molecule is Cc1cc2c([nH]c3ccccc32)c(C(N)=O)c1N1CCCC1O. The van der Waals surface area contributed by atoms with E-state index in [-0.39, 0.29) is 0 Å². The number of hydrogen-bond acceptors (Lipinski definition) is 3. The Balaban J connectivity index is 2.10. The molecule has 1 unspecified atom stereocenters. The van der Waals surface area contributed by atoms with Gasteiger partial charge in [0.25, 0.3) is 5.91 Å². The summed E-state index contributed by atoms with van der Waals surface area (Å²) in [6.07, 6.45) is 1.06. The number of carbonyl (C=O) groups is 1. The molecule has 0 radical (unpaired) electrons. The van der Waals surface area contributed by atoms with Crippen LogP contribution in [0.3, 0.4) is 0 Å². The number of H-pyrrole nitrogens is 1. The molecule has 3 aromatic rings. The van der Waals surface area contributed by atoms with E-state index in [9.17, 15) is 9.90 Å². The van der Waals surface area contributed by atoms with Gasteiger partial charge < -0.3 is 20.7 Å². The number of amides is 1. The Hall–Kier alpha value is -2.53. The van der Waals surface area contributed by atoms with Gasteiger partial charge in [0.05, 0.1) is 16.8 Å². The van der Waals surface area contributed by atoms with E-state index >= 15 is 0 Å². The maximum atomic E-state index is 12.2. The maximum Gasteiger partial charge on any atom is 0.252 e. The number of aromatic amines is 1. The number of hydrogen-bond donors (Lipinski definition) is 3. The predicted octanol–water partition coefficient (Wildman–Crippen LogP) is 2.65. The minimum atomic E-state index is -0.561. The second-order valence-electron chi connectivity index (χ2n) is 6.19. The van der Waals surface area contributed by atoms with Crippen molar-refractivity contribution in [1.82, 2.24) is 4.98 Å². The summed E-state index contributed by atoms with van der Waals surface area (Å²) in [6.45, 7) is 2.70. The number of aliphatic hydroxyl groups is 1. The number of aromatic nitrogens is 1. The van der Waals surface area contributed by atoms with E-state index in [0.717, 1.165) is 46.0 Å². The Kier molecular flexibility index (Phi) is 3.06. The first kappa shape index (κ1) is 14.1. The standard InChI is InChI=1S/C18H19N3O2/c1-10-9-12-11-5-2-3-6-13(11)20-16(12)15(18(19)23)17(10)21-8-4-7-14(21)22/h2-3,5-6,9,14,20,22H,4,7-8H2,1H3,(H2,19,23). The van der Waals surface area contributed by atoms with Crippen LogP contribution in [-0.2, 0) is 0 Å². The molecule has 118 valence electrons. The van der Waals surface area contributed by atoms with Gasteiger partial charge >= 0.3 is 0 Å². The molecule has 5 heteroatoms. The highest BCUT2D eigenvalue weighted by atomic mass is 16.3. The van der Waals surface area contributed by atoms with E-state index in [1.165, 1.54) is 0 Å². The van der Waals surface area contributed by atoms with Crippen molar-refractivity contribution in [2.45, 2.75) is 26.0 Å². The molecule has 2 heterocycles. The summed E-state index contributed by atoms with van der Waals surface area (Å²) in [4.78, 5) is 17.4. The molecule has 1 amide bonds. The largest absolute Gasteiger partial charge is 0.374 e. The van der Waals surface area contributed by atoms with Crippen LogP contribution in [0.25, 0.3) is 21.8 Å². The van der Waals surface area contributed by atoms with Crippen molar-refractivity contribution in [1.29, 1.82) is 0 Å². The van der Waals surface area contributed by atoms with Gasteiger partial charge in [-0.1, -0.05) is 18.2 Å². The fourth-order valence-electron chi connectivity index (χ4n) is 3.73. The van der Waals surface area contributed by atoms with E-state index in [2.05, 4.69) is 11.1 Å². The lowest BCUT2D eigenvalue weighted by atomic mass is 10.0. The number of nitrogens with two attached hydrogens (primary N) is 1. The lowest BCUT2D eigenvalue weighted by Gasteiger charge is -2.26. The first-order chi connectivity index (χ1) is 11.1. The van der Waals surface area contributed by atoms with Crippen LogP contribution >= 0.6 is 0 Å². The van der Waals surface area contributed by atoms with Crippen LogP contribution < -0.4 is 10.6 Å². The Bertz CT molecular complexity index is 929. The molecule has 0 spiro atoms. The van der Waals surface area contributed by atoms with Crippen LogP contribution in [0.4, 0.5) is 5.69 Å². The molecule has 1 atom stereocenters. The Morgan fingerprint density at radius 3 is 2.83 bits per heavy atom. The zero-order chi connectivity index (χ0) is 16.1. The number of aryl methyl sites for hydroxylation is 1. The highest BCUT2D eigenvalue weighted by Gasteiger charge is 2.29. The zero-order valence-electron chi connectivity index (χ0n) is 13.0. The molecular weight excluding hydrogens is 290 g/mol. The number of primary amides is 1. The summed E-state index contributed by atoms with van der Waals surface area (Å²) in [6, 6.07) is 10.0. The molecule has 23 heavy (non-hydrogen) atoms. The third-order valence-electron chi connectivity index (χ3n) is 4.72. The number of carbonyl (C=O) groups excluding carboxylic acids is 1. The molecule has 1 aliphatic rings. The minimum absolute atomic E-state index is 0.470. The van der Waals surface area contributed by atoms with Crippen LogP contribution in [0.1, 0.15) is 28.8 Å². The first-order valence-electron chi connectivity index (χ1n) is 7.86.